The smallest absolute Gasteiger partial charge is 0.254 e. The first-order valence-electron chi connectivity index (χ1n) is 11.7. The van der Waals surface area contributed by atoms with Crippen molar-refractivity contribution in [1.82, 2.24) is 10.6 Å². The van der Waals surface area contributed by atoms with E-state index in [4.69, 9.17) is 14.2 Å². The number of benzene rings is 3. The van der Waals surface area contributed by atoms with Gasteiger partial charge in [-0.25, -0.2) is 13.2 Å². The number of hydrogen-bond donors (Lipinski definition) is 2. The van der Waals surface area contributed by atoms with Crippen LogP contribution < -0.4 is 24.8 Å². The molecule has 6 nitrogen and oxygen atoms in total. The minimum absolute atomic E-state index is 0. The van der Waals surface area contributed by atoms with Gasteiger partial charge in [0.15, 0.2) is 11.5 Å². The van der Waals surface area contributed by atoms with Crippen LogP contribution in [0.25, 0.3) is 0 Å². The lowest BCUT2D eigenvalue weighted by Gasteiger charge is -2.32. The van der Waals surface area contributed by atoms with Crippen molar-refractivity contribution >= 4 is 18.3 Å². The van der Waals surface area contributed by atoms with Crippen LogP contribution in [-0.4, -0.2) is 32.4 Å². The monoisotopic (exact) mass is 534 g/mol. The molecule has 0 aliphatic carbocycles. The molecule has 2 aliphatic heterocycles. The Labute approximate surface area is 218 Å². The molecule has 1 fully saturated rings. The molecule has 10 heteroatoms. The second kappa shape index (κ2) is 11.7. The lowest BCUT2D eigenvalue weighted by Crippen LogP contribution is -2.38. The van der Waals surface area contributed by atoms with E-state index in [1.54, 1.807) is 18.2 Å². The normalized spacial score (nSPS) is 18.1. The standard InChI is InChI=1S/C27H25F3N2O4.ClH/c28-22-2-1-3-23(29)21(22)13-32-27(33)20-10-16(4-6-24(20)30)19-8-9-31-12-17(19)14-34-18-5-7-25-26(11-18)36-15-35-25;/h1-7,10-11,17,19,31H,8-9,12-15H2,(H,32,33);1H/t17-,19-;/m0./s1. The summed E-state index contributed by atoms with van der Waals surface area (Å²) in [6, 6.07) is 13.3. The summed E-state index contributed by atoms with van der Waals surface area (Å²) in [4.78, 5) is 12.7. The van der Waals surface area contributed by atoms with E-state index in [0.29, 0.717) is 30.4 Å². The Kier molecular flexibility index (Phi) is 8.45. The molecule has 5 rings (SSSR count). The molecule has 3 aromatic rings. The molecule has 0 unspecified atom stereocenters. The van der Waals surface area contributed by atoms with Gasteiger partial charge in [-0.15, -0.1) is 12.4 Å². The molecule has 2 N–H and O–H groups in total. The van der Waals surface area contributed by atoms with Gasteiger partial charge in [0.25, 0.3) is 5.91 Å². The maximum Gasteiger partial charge on any atom is 0.254 e. The van der Waals surface area contributed by atoms with Crippen LogP contribution in [0.4, 0.5) is 13.2 Å². The van der Waals surface area contributed by atoms with Crippen molar-refractivity contribution in [1.29, 1.82) is 0 Å². The Balaban J connectivity index is 0.00000320. The van der Waals surface area contributed by atoms with E-state index in [1.807, 2.05) is 6.07 Å². The third-order valence-electron chi connectivity index (χ3n) is 6.57. The molecule has 2 aliphatic rings. The van der Waals surface area contributed by atoms with Crippen LogP contribution in [0, 0.1) is 23.4 Å². The zero-order chi connectivity index (χ0) is 25.1. The molecule has 0 bridgehead atoms. The molecule has 2 atom stereocenters. The van der Waals surface area contributed by atoms with E-state index < -0.39 is 23.4 Å². The van der Waals surface area contributed by atoms with Crippen molar-refractivity contribution in [2.24, 2.45) is 5.92 Å². The molecule has 196 valence electrons. The van der Waals surface area contributed by atoms with Gasteiger partial charge in [0.2, 0.25) is 6.79 Å². The Morgan fingerprint density at radius 2 is 1.78 bits per heavy atom. The molecule has 0 aromatic heterocycles. The fraction of sp³-hybridized carbons (Fsp3) is 0.296. The fourth-order valence-electron chi connectivity index (χ4n) is 4.62. The maximum atomic E-state index is 14.6. The van der Waals surface area contributed by atoms with Crippen molar-refractivity contribution in [2.75, 3.05) is 26.5 Å². The quantitative estimate of drug-likeness (QED) is 0.449. The molecule has 0 saturated carbocycles. The largest absolute Gasteiger partial charge is 0.493 e. The summed E-state index contributed by atoms with van der Waals surface area (Å²) in [6.45, 7) is 1.67. The number of ether oxygens (including phenoxy) is 3. The van der Waals surface area contributed by atoms with Crippen LogP contribution >= 0.6 is 12.4 Å². The van der Waals surface area contributed by atoms with Crippen LogP contribution in [0.5, 0.6) is 17.2 Å². The van der Waals surface area contributed by atoms with Gasteiger partial charge >= 0.3 is 0 Å². The molecule has 1 amide bonds. The van der Waals surface area contributed by atoms with Gasteiger partial charge < -0.3 is 24.8 Å². The fourth-order valence-corrected chi connectivity index (χ4v) is 4.62. The van der Waals surface area contributed by atoms with E-state index >= 15 is 0 Å². The number of hydrogen-bond acceptors (Lipinski definition) is 5. The molecule has 2 heterocycles. The Morgan fingerprint density at radius 1 is 1.00 bits per heavy atom. The minimum atomic E-state index is -0.774. The second-order valence-electron chi connectivity index (χ2n) is 8.81. The lowest BCUT2D eigenvalue weighted by atomic mass is 9.81. The van der Waals surface area contributed by atoms with Crippen LogP contribution in [0.2, 0.25) is 0 Å². The molecule has 0 spiro atoms. The van der Waals surface area contributed by atoms with Gasteiger partial charge in [-0.1, -0.05) is 12.1 Å². The number of piperidine rings is 1. The zero-order valence-electron chi connectivity index (χ0n) is 19.8. The number of amides is 1. The average molecular weight is 535 g/mol. The topological polar surface area (TPSA) is 68.8 Å². The van der Waals surface area contributed by atoms with Crippen molar-refractivity contribution in [2.45, 2.75) is 18.9 Å². The molecular weight excluding hydrogens is 509 g/mol. The summed E-state index contributed by atoms with van der Waals surface area (Å²) in [6.07, 6.45) is 0.780. The zero-order valence-corrected chi connectivity index (χ0v) is 20.6. The Bertz CT molecular complexity index is 1260. The van der Waals surface area contributed by atoms with Crippen LogP contribution in [0.3, 0.4) is 0 Å². The molecule has 1 saturated heterocycles. The van der Waals surface area contributed by atoms with Gasteiger partial charge in [0.05, 0.1) is 12.2 Å². The van der Waals surface area contributed by atoms with Gasteiger partial charge in [-0.05, 0) is 60.8 Å². The van der Waals surface area contributed by atoms with E-state index in [-0.39, 0.29) is 48.7 Å². The molecule has 37 heavy (non-hydrogen) atoms. The number of nitrogens with one attached hydrogen (secondary N) is 2. The van der Waals surface area contributed by atoms with Gasteiger partial charge in [-0.3, -0.25) is 4.79 Å². The predicted octanol–water partition coefficient (Wildman–Crippen LogP) is 4.96. The van der Waals surface area contributed by atoms with E-state index in [0.717, 1.165) is 30.7 Å². The first kappa shape index (κ1) is 26.6. The van der Waals surface area contributed by atoms with Crippen LogP contribution in [0.1, 0.15) is 33.8 Å². The second-order valence-corrected chi connectivity index (χ2v) is 8.81. The van der Waals surface area contributed by atoms with Gasteiger partial charge in [0, 0.05) is 30.6 Å². The average Bonchev–Trinajstić information content (AvgIpc) is 3.35. The number of rotatable bonds is 7. The SMILES string of the molecule is Cl.O=C(NCc1c(F)cccc1F)c1cc([C@@H]2CCNC[C@H]2COc2ccc3c(c2)OCO3)ccc1F. The molecular formula is C27H26ClF3N2O4. The summed E-state index contributed by atoms with van der Waals surface area (Å²) < 4.78 is 59.1. The first-order valence-corrected chi connectivity index (χ1v) is 11.7. The predicted molar refractivity (Wildman–Crippen MR) is 133 cm³/mol. The first-order chi connectivity index (χ1) is 17.5. The van der Waals surface area contributed by atoms with Crippen LogP contribution in [-0.2, 0) is 6.54 Å². The van der Waals surface area contributed by atoms with E-state index in [1.165, 1.54) is 18.2 Å². The summed E-state index contributed by atoms with van der Waals surface area (Å²) >= 11 is 0. The Hall–Kier alpha value is -3.43. The number of carbonyl (C=O) groups excluding carboxylic acids is 1. The van der Waals surface area contributed by atoms with E-state index in [2.05, 4.69) is 10.6 Å². The number of carbonyl (C=O) groups is 1. The highest BCUT2D eigenvalue weighted by Gasteiger charge is 2.28. The van der Waals surface area contributed by atoms with Crippen molar-refractivity contribution in [3.8, 4) is 17.2 Å². The third kappa shape index (κ3) is 5.94. The van der Waals surface area contributed by atoms with E-state index in [9.17, 15) is 18.0 Å². The van der Waals surface area contributed by atoms with Crippen LogP contribution in [0.15, 0.2) is 54.6 Å². The number of fused-ring (bicyclic) bond motifs is 1. The summed E-state index contributed by atoms with van der Waals surface area (Å²) in [5.74, 6) is -0.928. The highest BCUT2D eigenvalue weighted by molar-refractivity contribution is 5.94. The molecule has 0 radical (unpaired) electrons. The highest BCUT2D eigenvalue weighted by Crippen LogP contribution is 2.36. The van der Waals surface area contributed by atoms with Gasteiger partial charge in [0.1, 0.15) is 23.2 Å². The van der Waals surface area contributed by atoms with Crippen molar-refractivity contribution < 1.29 is 32.2 Å². The van der Waals surface area contributed by atoms with Crippen molar-refractivity contribution in [3.05, 3.63) is 88.7 Å². The lowest BCUT2D eigenvalue weighted by molar-refractivity contribution is 0.0946. The third-order valence-corrected chi connectivity index (χ3v) is 6.57. The van der Waals surface area contributed by atoms with Crippen molar-refractivity contribution in [3.63, 3.8) is 0 Å². The maximum absolute atomic E-state index is 14.6. The van der Waals surface area contributed by atoms with Gasteiger partial charge in [-0.2, -0.15) is 0 Å². The molecule has 3 aromatic carbocycles. The number of halogens is 4. The summed E-state index contributed by atoms with van der Waals surface area (Å²) in [7, 11) is 0. The summed E-state index contributed by atoms with van der Waals surface area (Å²) in [5, 5.41) is 5.79. The highest BCUT2D eigenvalue weighted by atomic mass is 35.5. The summed E-state index contributed by atoms with van der Waals surface area (Å²) in [5.41, 5.74) is 0.360. The minimum Gasteiger partial charge on any atom is -0.493 e. The Morgan fingerprint density at radius 3 is 2.59 bits per heavy atom.